The van der Waals surface area contributed by atoms with Crippen LogP contribution in [0.1, 0.15) is 5.56 Å². The molecule has 3 aliphatic heterocycles. The lowest BCUT2D eigenvalue weighted by Crippen LogP contribution is -2.25. The Hall–Kier alpha value is -1.46. The molecule has 4 rings (SSSR count). The van der Waals surface area contributed by atoms with E-state index < -0.39 is 0 Å². The van der Waals surface area contributed by atoms with Gasteiger partial charge in [-0.2, -0.15) is 0 Å². The third kappa shape index (κ3) is 2.01. The Morgan fingerprint density at radius 2 is 2.05 bits per heavy atom. The fraction of sp³-hybridized carbons (Fsp3) is 0.600. The van der Waals surface area contributed by atoms with Crippen molar-refractivity contribution in [3.8, 4) is 17.2 Å². The van der Waals surface area contributed by atoms with Crippen LogP contribution in [0.2, 0.25) is 0 Å². The van der Waals surface area contributed by atoms with Gasteiger partial charge in [-0.1, -0.05) is 0 Å². The van der Waals surface area contributed by atoms with Crippen LogP contribution in [0, 0.1) is 11.8 Å². The SMILES string of the molecule is COc1cc(CN2C[C@H]3CNC[C@H]3C2)cc2c1OCO2. The molecule has 1 N–H and O–H groups in total. The van der Waals surface area contributed by atoms with Gasteiger partial charge >= 0.3 is 0 Å². The van der Waals surface area contributed by atoms with Crippen LogP contribution in [0.5, 0.6) is 17.2 Å². The van der Waals surface area contributed by atoms with Gasteiger partial charge in [0.05, 0.1) is 7.11 Å². The summed E-state index contributed by atoms with van der Waals surface area (Å²) in [5.74, 6) is 3.96. The molecule has 0 bridgehead atoms. The maximum absolute atomic E-state index is 5.49. The molecule has 5 heteroatoms. The predicted octanol–water partition coefficient (Wildman–Crippen LogP) is 1.08. The summed E-state index contributed by atoms with van der Waals surface area (Å²) in [4.78, 5) is 2.53. The van der Waals surface area contributed by atoms with Gasteiger partial charge in [0, 0.05) is 19.6 Å². The van der Waals surface area contributed by atoms with Crippen LogP contribution in [-0.4, -0.2) is 45.0 Å². The van der Waals surface area contributed by atoms with Crippen LogP contribution in [-0.2, 0) is 6.54 Å². The van der Waals surface area contributed by atoms with Gasteiger partial charge in [0.25, 0.3) is 0 Å². The van der Waals surface area contributed by atoms with Crippen LogP contribution in [0.25, 0.3) is 0 Å². The summed E-state index contributed by atoms with van der Waals surface area (Å²) in [5.41, 5.74) is 1.24. The van der Waals surface area contributed by atoms with Gasteiger partial charge in [0.15, 0.2) is 11.5 Å². The fourth-order valence-corrected chi connectivity index (χ4v) is 3.62. The number of ether oxygens (including phenoxy) is 3. The molecule has 2 saturated heterocycles. The third-order valence-corrected chi connectivity index (χ3v) is 4.59. The summed E-state index contributed by atoms with van der Waals surface area (Å²) in [5, 5.41) is 3.48. The average Bonchev–Trinajstić information content (AvgIpc) is 3.12. The summed E-state index contributed by atoms with van der Waals surface area (Å²) in [6.07, 6.45) is 0. The second-order valence-corrected chi connectivity index (χ2v) is 5.90. The number of nitrogens with zero attached hydrogens (tertiary/aromatic N) is 1. The molecule has 0 unspecified atom stereocenters. The Kier molecular flexibility index (Phi) is 2.97. The van der Waals surface area contributed by atoms with E-state index in [1.807, 2.05) is 0 Å². The molecule has 3 heterocycles. The van der Waals surface area contributed by atoms with E-state index in [0.29, 0.717) is 0 Å². The smallest absolute Gasteiger partial charge is 0.231 e. The largest absolute Gasteiger partial charge is 0.493 e. The molecule has 3 aliphatic rings. The van der Waals surface area contributed by atoms with Crippen molar-refractivity contribution >= 4 is 0 Å². The molecule has 0 amide bonds. The molecular weight excluding hydrogens is 256 g/mol. The third-order valence-electron chi connectivity index (χ3n) is 4.59. The quantitative estimate of drug-likeness (QED) is 0.895. The zero-order valence-electron chi connectivity index (χ0n) is 11.7. The number of hydrogen-bond donors (Lipinski definition) is 1. The molecule has 0 aliphatic carbocycles. The first-order valence-electron chi connectivity index (χ1n) is 7.23. The lowest BCUT2D eigenvalue weighted by atomic mass is 10.0. The number of likely N-dealkylation sites (tertiary alicyclic amines) is 1. The highest BCUT2D eigenvalue weighted by Gasteiger charge is 2.36. The molecule has 1 aromatic carbocycles. The monoisotopic (exact) mass is 276 g/mol. The average molecular weight is 276 g/mol. The molecule has 2 atom stereocenters. The Morgan fingerprint density at radius 3 is 2.80 bits per heavy atom. The summed E-state index contributed by atoms with van der Waals surface area (Å²) in [6.45, 7) is 5.97. The molecule has 5 nitrogen and oxygen atoms in total. The van der Waals surface area contributed by atoms with Crippen molar-refractivity contribution < 1.29 is 14.2 Å². The lowest BCUT2D eigenvalue weighted by molar-refractivity contribution is 0.171. The molecule has 1 aromatic rings. The first-order chi connectivity index (χ1) is 9.83. The van der Waals surface area contributed by atoms with Gasteiger partial charge in [-0.05, 0) is 42.6 Å². The van der Waals surface area contributed by atoms with E-state index in [1.54, 1.807) is 7.11 Å². The zero-order chi connectivity index (χ0) is 13.5. The lowest BCUT2D eigenvalue weighted by Gasteiger charge is -2.18. The normalized spacial score (nSPS) is 27.9. The van der Waals surface area contributed by atoms with Crippen molar-refractivity contribution in [3.63, 3.8) is 0 Å². The minimum absolute atomic E-state index is 0.286. The van der Waals surface area contributed by atoms with E-state index in [2.05, 4.69) is 22.3 Å². The van der Waals surface area contributed by atoms with Crippen LogP contribution >= 0.6 is 0 Å². The highest BCUT2D eigenvalue weighted by atomic mass is 16.7. The summed E-state index contributed by atoms with van der Waals surface area (Å²) >= 11 is 0. The van der Waals surface area contributed by atoms with Gasteiger partial charge in [0.1, 0.15) is 0 Å². The van der Waals surface area contributed by atoms with Crippen molar-refractivity contribution in [2.45, 2.75) is 6.54 Å². The minimum Gasteiger partial charge on any atom is -0.493 e. The van der Waals surface area contributed by atoms with Gasteiger partial charge < -0.3 is 19.5 Å². The van der Waals surface area contributed by atoms with Crippen LogP contribution in [0.4, 0.5) is 0 Å². The zero-order valence-corrected chi connectivity index (χ0v) is 11.7. The molecule has 0 saturated carbocycles. The van der Waals surface area contributed by atoms with Crippen molar-refractivity contribution in [3.05, 3.63) is 17.7 Å². The topological polar surface area (TPSA) is 43.0 Å². The minimum atomic E-state index is 0.286. The Morgan fingerprint density at radius 1 is 1.25 bits per heavy atom. The molecule has 0 spiro atoms. The standard InChI is InChI=1S/C15H20N2O3/c1-18-13-2-10(3-14-15(13)20-9-19-14)6-17-7-11-4-16-5-12(11)8-17/h2-3,11-12,16H,4-9H2,1H3/t11-,12+. The number of hydrogen-bond acceptors (Lipinski definition) is 5. The van der Waals surface area contributed by atoms with Gasteiger partial charge in [-0.25, -0.2) is 0 Å². The maximum Gasteiger partial charge on any atom is 0.231 e. The van der Waals surface area contributed by atoms with Crippen molar-refractivity contribution in [1.82, 2.24) is 10.2 Å². The number of fused-ring (bicyclic) bond motifs is 2. The fourth-order valence-electron chi connectivity index (χ4n) is 3.62. The second-order valence-electron chi connectivity index (χ2n) is 5.90. The summed E-state index contributed by atoms with van der Waals surface area (Å²) in [6, 6.07) is 4.15. The Bertz CT molecular complexity index is 508. The van der Waals surface area contributed by atoms with Gasteiger partial charge in [-0.15, -0.1) is 0 Å². The number of nitrogens with one attached hydrogen (secondary N) is 1. The van der Waals surface area contributed by atoms with Crippen LogP contribution in [0.3, 0.4) is 0 Å². The second kappa shape index (κ2) is 4.82. The van der Waals surface area contributed by atoms with Crippen molar-refractivity contribution in [1.29, 1.82) is 0 Å². The molecule has 0 aromatic heterocycles. The van der Waals surface area contributed by atoms with Gasteiger partial charge in [-0.3, -0.25) is 4.90 Å². The summed E-state index contributed by atoms with van der Waals surface area (Å²) < 4.78 is 16.3. The molecular formula is C15H20N2O3. The van der Waals surface area contributed by atoms with Crippen molar-refractivity contribution in [2.75, 3.05) is 40.1 Å². The molecule has 0 radical (unpaired) electrons. The van der Waals surface area contributed by atoms with Crippen molar-refractivity contribution in [2.24, 2.45) is 11.8 Å². The van der Waals surface area contributed by atoms with E-state index in [1.165, 1.54) is 31.7 Å². The van der Waals surface area contributed by atoms with E-state index in [-0.39, 0.29) is 6.79 Å². The highest BCUT2D eigenvalue weighted by molar-refractivity contribution is 5.55. The maximum atomic E-state index is 5.49. The van der Waals surface area contributed by atoms with Gasteiger partial charge in [0.2, 0.25) is 12.5 Å². The first kappa shape index (κ1) is 12.3. The van der Waals surface area contributed by atoms with E-state index in [4.69, 9.17) is 14.2 Å². The Balaban J connectivity index is 1.52. The van der Waals surface area contributed by atoms with Crippen LogP contribution in [0.15, 0.2) is 12.1 Å². The molecule has 108 valence electrons. The van der Waals surface area contributed by atoms with E-state index in [9.17, 15) is 0 Å². The Labute approximate surface area is 118 Å². The highest BCUT2D eigenvalue weighted by Crippen LogP contribution is 2.42. The van der Waals surface area contributed by atoms with E-state index >= 15 is 0 Å². The number of benzene rings is 1. The molecule has 2 fully saturated rings. The predicted molar refractivity (Wildman–Crippen MR) is 74.2 cm³/mol. The summed E-state index contributed by atoms with van der Waals surface area (Å²) in [7, 11) is 1.67. The van der Waals surface area contributed by atoms with E-state index in [0.717, 1.165) is 35.6 Å². The van der Waals surface area contributed by atoms with Crippen LogP contribution < -0.4 is 19.5 Å². The first-order valence-corrected chi connectivity index (χ1v) is 7.23. The number of rotatable bonds is 3. The number of methoxy groups -OCH3 is 1. The molecule has 20 heavy (non-hydrogen) atoms.